The number of aromatic nitrogens is 1. The van der Waals surface area contributed by atoms with Gasteiger partial charge in [0.15, 0.2) is 0 Å². The zero-order chi connectivity index (χ0) is 10.7. The van der Waals surface area contributed by atoms with E-state index in [0.29, 0.717) is 12.6 Å². The van der Waals surface area contributed by atoms with Crippen LogP contribution in [-0.2, 0) is 11.3 Å². The fraction of sp³-hybridized carbons (Fsp3) is 0.600. The zero-order valence-corrected chi connectivity index (χ0v) is 9.51. The van der Waals surface area contributed by atoms with E-state index in [2.05, 4.69) is 22.5 Å². The van der Waals surface area contributed by atoms with Crippen molar-refractivity contribution in [2.45, 2.75) is 25.9 Å². The Morgan fingerprint density at radius 2 is 2.67 bits per heavy atom. The van der Waals surface area contributed by atoms with E-state index in [9.17, 15) is 4.79 Å². The summed E-state index contributed by atoms with van der Waals surface area (Å²) in [7, 11) is 0. The first kappa shape index (κ1) is 10.6. The molecule has 82 valence electrons. The first-order chi connectivity index (χ1) is 7.27. The fourth-order valence-electron chi connectivity index (χ4n) is 1.85. The van der Waals surface area contributed by atoms with Crippen LogP contribution in [-0.4, -0.2) is 23.5 Å². The Balaban J connectivity index is 1.82. The highest BCUT2D eigenvalue weighted by Gasteiger charge is 2.28. The van der Waals surface area contributed by atoms with Gasteiger partial charge in [0.1, 0.15) is 0 Å². The second-order valence-electron chi connectivity index (χ2n) is 3.84. The lowest BCUT2D eigenvalue weighted by Gasteiger charge is -2.14. The molecule has 0 aliphatic carbocycles. The van der Waals surface area contributed by atoms with Gasteiger partial charge in [-0.3, -0.25) is 4.79 Å². The molecule has 0 bridgehead atoms. The summed E-state index contributed by atoms with van der Waals surface area (Å²) in [6, 6.07) is 0.292. The molecule has 1 aromatic rings. The van der Waals surface area contributed by atoms with Crippen LogP contribution in [0.3, 0.4) is 0 Å². The van der Waals surface area contributed by atoms with E-state index in [0.717, 1.165) is 18.7 Å². The highest BCUT2D eigenvalue weighted by atomic mass is 32.1. The molecule has 2 unspecified atom stereocenters. The smallest absolute Gasteiger partial charge is 0.225 e. The molecule has 1 amide bonds. The van der Waals surface area contributed by atoms with Crippen molar-refractivity contribution in [2.24, 2.45) is 5.92 Å². The van der Waals surface area contributed by atoms with E-state index in [1.165, 1.54) is 0 Å². The lowest BCUT2D eigenvalue weighted by Crippen LogP contribution is -2.36. The maximum atomic E-state index is 11.8. The first-order valence-corrected chi connectivity index (χ1v) is 6.10. The van der Waals surface area contributed by atoms with Crippen LogP contribution in [0.25, 0.3) is 0 Å². The van der Waals surface area contributed by atoms with Gasteiger partial charge in [-0.1, -0.05) is 0 Å². The van der Waals surface area contributed by atoms with Gasteiger partial charge in [0.05, 0.1) is 23.7 Å². The minimum Gasteiger partial charge on any atom is -0.350 e. The third kappa shape index (κ3) is 2.54. The lowest BCUT2D eigenvalue weighted by atomic mass is 10.0. The third-order valence-corrected chi connectivity index (χ3v) is 3.42. The Hall–Kier alpha value is -0.940. The van der Waals surface area contributed by atoms with E-state index in [1.807, 2.05) is 5.38 Å². The minimum absolute atomic E-state index is 0.114. The largest absolute Gasteiger partial charge is 0.350 e. The molecule has 1 fully saturated rings. The van der Waals surface area contributed by atoms with Crippen LogP contribution >= 0.6 is 11.3 Å². The number of carbonyl (C=O) groups is 1. The van der Waals surface area contributed by atoms with Crippen molar-refractivity contribution in [1.82, 2.24) is 15.6 Å². The van der Waals surface area contributed by atoms with E-state index in [4.69, 9.17) is 0 Å². The summed E-state index contributed by atoms with van der Waals surface area (Å²) in [6.45, 7) is 3.54. The first-order valence-electron chi connectivity index (χ1n) is 5.15. The highest BCUT2D eigenvalue weighted by molar-refractivity contribution is 7.07. The van der Waals surface area contributed by atoms with Crippen LogP contribution in [0.4, 0.5) is 0 Å². The summed E-state index contributed by atoms with van der Waals surface area (Å²) in [5.74, 6) is 0.254. The molecule has 2 atom stereocenters. The summed E-state index contributed by atoms with van der Waals surface area (Å²) in [5.41, 5.74) is 2.72. The number of amides is 1. The van der Waals surface area contributed by atoms with Crippen LogP contribution < -0.4 is 10.6 Å². The molecule has 1 aliphatic heterocycles. The Kier molecular flexibility index (Phi) is 3.33. The second-order valence-corrected chi connectivity index (χ2v) is 4.55. The molecular formula is C10H15N3OS. The van der Waals surface area contributed by atoms with Crippen LogP contribution in [0.2, 0.25) is 0 Å². The van der Waals surface area contributed by atoms with Gasteiger partial charge >= 0.3 is 0 Å². The van der Waals surface area contributed by atoms with Gasteiger partial charge in [0.2, 0.25) is 5.91 Å². The SMILES string of the molecule is CC1NCCC1C(=O)NCc1cscn1. The predicted molar refractivity (Wildman–Crippen MR) is 59.5 cm³/mol. The Morgan fingerprint density at radius 3 is 3.27 bits per heavy atom. The van der Waals surface area contributed by atoms with Crippen molar-refractivity contribution < 1.29 is 4.79 Å². The monoisotopic (exact) mass is 225 g/mol. The molecule has 1 saturated heterocycles. The molecule has 4 nitrogen and oxygen atoms in total. The van der Waals surface area contributed by atoms with Crippen LogP contribution in [0.5, 0.6) is 0 Å². The molecule has 0 aromatic carbocycles. The molecule has 1 aliphatic rings. The van der Waals surface area contributed by atoms with Gasteiger partial charge in [-0.15, -0.1) is 11.3 Å². The third-order valence-electron chi connectivity index (χ3n) is 2.79. The van der Waals surface area contributed by atoms with Gasteiger partial charge < -0.3 is 10.6 Å². The Morgan fingerprint density at radius 1 is 1.80 bits per heavy atom. The summed E-state index contributed by atoms with van der Waals surface area (Å²) < 4.78 is 0. The maximum absolute atomic E-state index is 11.8. The van der Waals surface area contributed by atoms with Gasteiger partial charge in [-0.25, -0.2) is 4.98 Å². The minimum atomic E-state index is 0.114. The van der Waals surface area contributed by atoms with Crippen molar-refractivity contribution in [1.29, 1.82) is 0 Å². The summed E-state index contributed by atoms with van der Waals surface area (Å²) >= 11 is 1.55. The zero-order valence-electron chi connectivity index (χ0n) is 8.69. The average Bonchev–Trinajstić information content (AvgIpc) is 2.84. The summed E-state index contributed by atoms with van der Waals surface area (Å²) in [6.07, 6.45) is 0.935. The van der Waals surface area contributed by atoms with Crippen molar-refractivity contribution >= 4 is 17.2 Å². The molecule has 5 heteroatoms. The van der Waals surface area contributed by atoms with Crippen LogP contribution in [0.15, 0.2) is 10.9 Å². The molecule has 0 spiro atoms. The number of nitrogens with one attached hydrogen (secondary N) is 2. The van der Waals surface area contributed by atoms with E-state index in [1.54, 1.807) is 16.8 Å². The summed E-state index contributed by atoms with van der Waals surface area (Å²) in [4.78, 5) is 15.9. The quantitative estimate of drug-likeness (QED) is 0.798. The topological polar surface area (TPSA) is 54.0 Å². The van der Waals surface area contributed by atoms with Gasteiger partial charge in [-0.05, 0) is 19.9 Å². The van der Waals surface area contributed by atoms with Gasteiger partial charge in [0.25, 0.3) is 0 Å². The molecule has 2 N–H and O–H groups in total. The molecule has 1 aromatic heterocycles. The number of nitrogens with zero attached hydrogens (tertiary/aromatic N) is 1. The Labute approximate surface area is 93.1 Å². The number of carbonyl (C=O) groups excluding carboxylic acids is 1. The molecule has 2 rings (SSSR count). The van der Waals surface area contributed by atoms with E-state index in [-0.39, 0.29) is 11.8 Å². The molecular weight excluding hydrogens is 210 g/mol. The lowest BCUT2D eigenvalue weighted by molar-refractivity contribution is -0.125. The van der Waals surface area contributed by atoms with Crippen molar-refractivity contribution in [3.63, 3.8) is 0 Å². The summed E-state index contributed by atoms with van der Waals surface area (Å²) in [5, 5.41) is 8.15. The van der Waals surface area contributed by atoms with Gasteiger partial charge in [0, 0.05) is 11.4 Å². The Bertz CT molecular complexity index is 325. The number of rotatable bonds is 3. The van der Waals surface area contributed by atoms with Crippen molar-refractivity contribution in [2.75, 3.05) is 6.54 Å². The second kappa shape index (κ2) is 4.72. The predicted octanol–water partition coefficient (Wildman–Crippen LogP) is 0.757. The van der Waals surface area contributed by atoms with E-state index >= 15 is 0 Å². The normalized spacial score (nSPS) is 25.4. The fourth-order valence-corrected chi connectivity index (χ4v) is 2.41. The molecule has 0 radical (unpaired) electrons. The molecule has 2 heterocycles. The van der Waals surface area contributed by atoms with Crippen molar-refractivity contribution in [3.05, 3.63) is 16.6 Å². The number of thiazole rings is 1. The van der Waals surface area contributed by atoms with Crippen LogP contribution in [0.1, 0.15) is 19.0 Å². The number of hydrogen-bond donors (Lipinski definition) is 2. The van der Waals surface area contributed by atoms with Crippen molar-refractivity contribution in [3.8, 4) is 0 Å². The molecule has 0 saturated carbocycles. The maximum Gasteiger partial charge on any atom is 0.225 e. The number of hydrogen-bond acceptors (Lipinski definition) is 4. The van der Waals surface area contributed by atoms with Crippen LogP contribution in [0, 0.1) is 5.92 Å². The molecule has 15 heavy (non-hydrogen) atoms. The average molecular weight is 225 g/mol. The highest BCUT2D eigenvalue weighted by Crippen LogP contribution is 2.15. The van der Waals surface area contributed by atoms with Gasteiger partial charge in [-0.2, -0.15) is 0 Å². The van der Waals surface area contributed by atoms with E-state index < -0.39 is 0 Å². The standard InChI is InChI=1S/C10H15N3OS/c1-7-9(2-3-11-7)10(14)12-4-8-5-15-6-13-8/h5-7,9,11H,2-4H2,1H3,(H,12,14).